The van der Waals surface area contributed by atoms with E-state index in [0.717, 1.165) is 12.0 Å². The minimum absolute atomic E-state index is 0.239. The van der Waals surface area contributed by atoms with E-state index in [1.54, 1.807) is 12.1 Å². The van der Waals surface area contributed by atoms with Gasteiger partial charge in [0.05, 0.1) is 0 Å². The molecule has 0 spiro atoms. The Morgan fingerprint density at radius 1 is 1.21 bits per heavy atom. The second-order valence-corrected chi connectivity index (χ2v) is 4.20. The van der Waals surface area contributed by atoms with Gasteiger partial charge in [0.25, 0.3) is 0 Å². The number of aryl methyl sites for hydroxylation is 1. The third-order valence-electron chi connectivity index (χ3n) is 2.98. The van der Waals surface area contributed by atoms with E-state index in [4.69, 9.17) is 5.11 Å². The number of aromatic carboxylic acids is 1. The summed E-state index contributed by atoms with van der Waals surface area (Å²) < 4.78 is 13.9. The summed E-state index contributed by atoms with van der Waals surface area (Å²) in [6.07, 6.45) is 0.729. The van der Waals surface area contributed by atoms with Crippen molar-refractivity contribution in [2.24, 2.45) is 0 Å². The molecule has 0 atom stereocenters. The number of hydrogen-bond donors (Lipinski definition) is 2. The molecule has 0 unspecified atom stereocenters. The number of aromatic hydroxyl groups is 1. The standard InChI is InChI=1S/C15H13FO3/c1-2-9-3-5-11(13(16)7-9)10-4-6-14(17)12(8-10)15(18)19/h3-8,17H,2H2,1H3,(H,18,19). The third kappa shape index (κ3) is 2.57. The smallest absolute Gasteiger partial charge is 0.339 e. The van der Waals surface area contributed by atoms with Gasteiger partial charge in [0.2, 0.25) is 0 Å². The van der Waals surface area contributed by atoms with Crippen LogP contribution in [0.1, 0.15) is 22.8 Å². The second-order valence-electron chi connectivity index (χ2n) is 4.20. The largest absolute Gasteiger partial charge is 0.507 e. The van der Waals surface area contributed by atoms with Gasteiger partial charge in [-0.3, -0.25) is 0 Å². The zero-order valence-electron chi connectivity index (χ0n) is 10.4. The number of carboxylic acids is 1. The minimum Gasteiger partial charge on any atom is -0.507 e. The van der Waals surface area contributed by atoms with Crippen molar-refractivity contribution in [3.05, 3.63) is 53.3 Å². The molecule has 0 saturated carbocycles. The number of carbonyl (C=O) groups is 1. The number of hydrogen-bond acceptors (Lipinski definition) is 2. The highest BCUT2D eigenvalue weighted by molar-refractivity contribution is 5.92. The van der Waals surface area contributed by atoms with Gasteiger partial charge in [-0.1, -0.05) is 25.1 Å². The lowest BCUT2D eigenvalue weighted by atomic mass is 10.00. The highest BCUT2D eigenvalue weighted by Crippen LogP contribution is 2.28. The van der Waals surface area contributed by atoms with Crippen molar-refractivity contribution in [1.82, 2.24) is 0 Å². The quantitative estimate of drug-likeness (QED) is 0.888. The zero-order valence-corrected chi connectivity index (χ0v) is 10.4. The van der Waals surface area contributed by atoms with Crippen molar-refractivity contribution in [3.63, 3.8) is 0 Å². The van der Waals surface area contributed by atoms with Crippen molar-refractivity contribution < 1.29 is 19.4 Å². The molecule has 0 bridgehead atoms. The van der Waals surface area contributed by atoms with Gasteiger partial charge in [-0.2, -0.15) is 0 Å². The van der Waals surface area contributed by atoms with Crippen LogP contribution in [0.5, 0.6) is 5.75 Å². The summed E-state index contributed by atoms with van der Waals surface area (Å²) in [5.74, 6) is -1.98. The molecule has 98 valence electrons. The number of carboxylic acid groups (broad SMARTS) is 1. The fraction of sp³-hybridized carbons (Fsp3) is 0.133. The Bertz CT molecular complexity index is 635. The van der Waals surface area contributed by atoms with Crippen LogP contribution in [0.15, 0.2) is 36.4 Å². The SMILES string of the molecule is CCc1ccc(-c2ccc(O)c(C(=O)O)c2)c(F)c1. The van der Waals surface area contributed by atoms with Crippen molar-refractivity contribution in [2.75, 3.05) is 0 Å². The maximum absolute atomic E-state index is 13.9. The van der Waals surface area contributed by atoms with Gasteiger partial charge in [0, 0.05) is 5.56 Å². The monoisotopic (exact) mass is 260 g/mol. The minimum atomic E-state index is -1.25. The first kappa shape index (κ1) is 13.1. The summed E-state index contributed by atoms with van der Waals surface area (Å²) in [4.78, 5) is 10.9. The van der Waals surface area contributed by atoms with E-state index in [1.807, 2.05) is 6.92 Å². The Morgan fingerprint density at radius 3 is 2.53 bits per heavy atom. The number of benzene rings is 2. The Labute approximate surface area is 109 Å². The van der Waals surface area contributed by atoms with E-state index in [0.29, 0.717) is 11.1 Å². The Balaban J connectivity index is 2.53. The van der Waals surface area contributed by atoms with E-state index in [9.17, 15) is 14.3 Å². The molecule has 0 saturated heterocycles. The van der Waals surface area contributed by atoms with Crippen LogP contribution in [-0.2, 0) is 6.42 Å². The van der Waals surface area contributed by atoms with Crippen molar-refractivity contribution in [1.29, 1.82) is 0 Å². The predicted molar refractivity (Wildman–Crippen MR) is 69.8 cm³/mol. The summed E-state index contributed by atoms with van der Waals surface area (Å²) in [6, 6.07) is 8.86. The Kier molecular flexibility index (Phi) is 3.51. The lowest BCUT2D eigenvalue weighted by Crippen LogP contribution is -1.97. The van der Waals surface area contributed by atoms with Crippen LogP contribution in [0.2, 0.25) is 0 Å². The molecule has 2 aromatic carbocycles. The fourth-order valence-corrected chi connectivity index (χ4v) is 1.89. The molecule has 0 radical (unpaired) electrons. The van der Waals surface area contributed by atoms with Crippen molar-refractivity contribution >= 4 is 5.97 Å². The molecule has 4 heteroatoms. The summed E-state index contributed by atoms with van der Waals surface area (Å²) in [5, 5.41) is 18.4. The van der Waals surface area contributed by atoms with Crippen LogP contribution < -0.4 is 0 Å². The van der Waals surface area contributed by atoms with Gasteiger partial charge in [-0.25, -0.2) is 9.18 Å². The molecule has 3 nitrogen and oxygen atoms in total. The maximum Gasteiger partial charge on any atom is 0.339 e. The lowest BCUT2D eigenvalue weighted by Gasteiger charge is -2.07. The van der Waals surface area contributed by atoms with E-state index in [-0.39, 0.29) is 11.3 Å². The average Bonchev–Trinajstić information content (AvgIpc) is 2.39. The highest BCUT2D eigenvalue weighted by atomic mass is 19.1. The molecule has 0 fully saturated rings. The lowest BCUT2D eigenvalue weighted by molar-refractivity contribution is 0.0694. The Morgan fingerprint density at radius 2 is 1.95 bits per heavy atom. The van der Waals surface area contributed by atoms with Gasteiger partial charge >= 0.3 is 5.97 Å². The number of halogens is 1. The van der Waals surface area contributed by atoms with E-state index in [1.165, 1.54) is 24.3 Å². The van der Waals surface area contributed by atoms with Crippen LogP contribution in [0.25, 0.3) is 11.1 Å². The molecule has 2 aromatic rings. The van der Waals surface area contributed by atoms with Gasteiger partial charge in [-0.15, -0.1) is 0 Å². The first-order valence-corrected chi connectivity index (χ1v) is 5.88. The maximum atomic E-state index is 13.9. The number of rotatable bonds is 3. The van der Waals surface area contributed by atoms with E-state index < -0.39 is 11.8 Å². The van der Waals surface area contributed by atoms with E-state index >= 15 is 0 Å². The van der Waals surface area contributed by atoms with Crippen LogP contribution >= 0.6 is 0 Å². The molecule has 2 N–H and O–H groups in total. The van der Waals surface area contributed by atoms with Crippen LogP contribution in [0, 0.1) is 5.82 Å². The normalized spacial score (nSPS) is 10.4. The summed E-state index contributed by atoms with van der Waals surface area (Å²) >= 11 is 0. The van der Waals surface area contributed by atoms with Crippen molar-refractivity contribution in [2.45, 2.75) is 13.3 Å². The average molecular weight is 260 g/mol. The molecule has 0 aromatic heterocycles. The second kappa shape index (κ2) is 5.10. The van der Waals surface area contributed by atoms with E-state index in [2.05, 4.69) is 0 Å². The first-order valence-electron chi connectivity index (χ1n) is 5.88. The molecular formula is C15H13FO3. The molecule has 0 aliphatic carbocycles. The first-order chi connectivity index (χ1) is 9.02. The van der Waals surface area contributed by atoms with Crippen LogP contribution in [-0.4, -0.2) is 16.2 Å². The number of phenols is 1. The summed E-state index contributed by atoms with van der Waals surface area (Å²) in [6.45, 7) is 1.93. The molecule has 0 aliphatic rings. The third-order valence-corrected chi connectivity index (χ3v) is 2.98. The Hall–Kier alpha value is -2.36. The van der Waals surface area contributed by atoms with Crippen LogP contribution in [0.3, 0.4) is 0 Å². The fourth-order valence-electron chi connectivity index (χ4n) is 1.89. The van der Waals surface area contributed by atoms with Gasteiger partial charge in [0.1, 0.15) is 17.1 Å². The molecule has 0 aliphatic heterocycles. The topological polar surface area (TPSA) is 57.5 Å². The molecule has 0 amide bonds. The van der Waals surface area contributed by atoms with Gasteiger partial charge in [-0.05, 0) is 35.7 Å². The summed E-state index contributed by atoms with van der Waals surface area (Å²) in [5.41, 5.74) is 1.38. The molecular weight excluding hydrogens is 247 g/mol. The summed E-state index contributed by atoms with van der Waals surface area (Å²) in [7, 11) is 0. The predicted octanol–water partition coefficient (Wildman–Crippen LogP) is 3.46. The molecule has 0 heterocycles. The van der Waals surface area contributed by atoms with Crippen LogP contribution in [0.4, 0.5) is 4.39 Å². The molecule has 19 heavy (non-hydrogen) atoms. The van der Waals surface area contributed by atoms with Crippen molar-refractivity contribution in [3.8, 4) is 16.9 Å². The van der Waals surface area contributed by atoms with Gasteiger partial charge in [0.15, 0.2) is 0 Å². The highest BCUT2D eigenvalue weighted by Gasteiger charge is 2.13. The molecule has 2 rings (SSSR count). The zero-order chi connectivity index (χ0) is 14.0. The van der Waals surface area contributed by atoms with Gasteiger partial charge < -0.3 is 10.2 Å².